The largest absolute Gasteiger partial charge is 0.386 e. The standard InChI is InChI=1S/C27H28N4O2/c1-17-22(18-7-9-20(10-8-18)31-11-5-6-25(31)32)14-28-15-23(17)24-16-30(4)26-21(24)12-19(13-29-26)27(2,3)33/h7-10,12-16,33H,5-6,11H2,1-4H3. The van der Waals surface area contributed by atoms with E-state index in [0.29, 0.717) is 6.42 Å². The molecule has 4 aromatic rings. The van der Waals surface area contributed by atoms with Crippen LogP contribution < -0.4 is 4.90 Å². The Morgan fingerprint density at radius 2 is 1.76 bits per heavy atom. The summed E-state index contributed by atoms with van der Waals surface area (Å²) in [5.74, 6) is 0.192. The minimum atomic E-state index is -0.970. The molecule has 1 saturated heterocycles. The molecule has 6 heteroatoms. The van der Waals surface area contributed by atoms with Gasteiger partial charge in [0.05, 0.1) is 5.60 Å². The van der Waals surface area contributed by atoms with Crippen molar-refractivity contribution in [3.8, 4) is 22.3 Å². The lowest BCUT2D eigenvalue weighted by Gasteiger charge is -2.18. The van der Waals surface area contributed by atoms with Crippen LogP contribution in [0.3, 0.4) is 0 Å². The molecule has 1 aromatic carbocycles. The number of amides is 1. The molecule has 0 aliphatic carbocycles. The highest BCUT2D eigenvalue weighted by Gasteiger charge is 2.22. The van der Waals surface area contributed by atoms with Gasteiger partial charge in [-0.15, -0.1) is 0 Å². The number of carbonyl (C=O) groups is 1. The molecule has 0 radical (unpaired) electrons. The highest BCUT2D eigenvalue weighted by molar-refractivity contribution is 5.97. The third kappa shape index (κ3) is 3.70. The van der Waals surface area contributed by atoms with Crippen molar-refractivity contribution in [3.05, 3.63) is 66.2 Å². The first kappa shape index (κ1) is 21.3. The fourth-order valence-electron chi connectivity index (χ4n) is 4.64. The number of aliphatic hydroxyl groups is 1. The monoisotopic (exact) mass is 440 g/mol. The molecular weight excluding hydrogens is 412 g/mol. The summed E-state index contributed by atoms with van der Waals surface area (Å²) in [7, 11) is 1.98. The van der Waals surface area contributed by atoms with Gasteiger partial charge in [0, 0.05) is 78.1 Å². The predicted octanol–water partition coefficient (Wildman–Crippen LogP) is 4.96. The smallest absolute Gasteiger partial charge is 0.227 e. The summed E-state index contributed by atoms with van der Waals surface area (Å²) in [4.78, 5) is 23.1. The molecule has 5 rings (SSSR count). The molecule has 1 aliphatic heterocycles. The van der Waals surface area contributed by atoms with Crippen LogP contribution in [0.15, 0.2) is 55.1 Å². The molecule has 0 spiro atoms. The predicted molar refractivity (Wildman–Crippen MR) is 131 cm³/mol. The average molecular weight is 441 g/mol. The molecule has 0 unspecified atom stereocenters. The number of hydrogen-bond donors (Lipinski definition) is 1. The SMILES string of the molecule is Cc1c(-c2ccc(N3CCCC3=O)cc2)cncc1-c1cn(C)c2ncc(C(C)(C)O)cc12. The summed E-state index contributed by atoms with van der Waals surface area (Å²) in [5.41, 5.74) is 6.92. The number of anilines is 1. The van der Waals surface area contributed by atoms with Crippen LogP contribution in [0.1, 0.15) is 37.8 Å². The van der Waals surface area contributed by atoms with Gasteiger partial charge in [0.1, 0.15) is 5.65 Å². The second-order valence-corrected chi connectivity index (χ2v) is 9.36. The van der Waals surface area contributed by atoms with E-state index in [1.54, 1.807) is 20.0 Å². The quantitative estimate of drug-likeness (QED) is 0.487. The second kappa shape index (κ2) is 7.81. The Bertz CT molecular complexity index is 1360. The number of aromatic nitrogens is 3. The highest BCUT2D eigenvalue weighted by atomic mass is 16.3. The first-order chi connectivity index (χ1) is 15.7. The Morgan fingerprint density at radius 1 is 1.03 bits per heavy atom. The van der Waals surface area contributed by atoms with Gasteiger partial charge < -0.3 is 14.6 Å². The summed E-state index contributed by atoms with van der Waals surface area (Å²) in [6.45, 7) is 6.43. The maximum atomic E-state index is 12.1. The van der Waals surface area contributed by atoms with Crippen molar-refractivity contribution < 1.29 is 9.90 Å². The van der Waals surface area contributed by atoms with Crippen LogP contribution in [0, 0.1) is 6.92 Å². The summed E-state index contributed by atoms with van der Waals surface area (Å²) < 4.78 is 2.01. The Hall–Kier alpha value is -3.51. The van der Waals surface area contributed by atoms with Crippen molar-refractivity contribution >= 4 is 22.6 Å². The van der Waals surface area contributed by atoms with Crippen LogP contribution >= 0.6 is 0 Å². The molecule has 6 nitrogen and oxygen atoms in total. The van der Waals surface area contributed by atoms with E-state index in [4.69, 9.17) is 0 Å². The number of carbonyl (C=O) groups excluding carboxylic acids is 1. The Kier molecular flexibility index (Phi) is 5.05. The van der Waals surface area contributed by atoms with Crippen LogP contribution in [0.2, 0.25) is 0 Å². The molecule has 1 fully saturated rings. The van der Waals surface area contributed by atoms with E-state index in [-0.39, 0.29) is 5.91 Å². The van der Waals surface area contributed by atoms with Crippen molar-refractivity contribution in [2.45, 2.75) is 39.2 Å². The van der Waals surface area contributed by atoms with Crippen LogP contribution in [-0.4, -0.2) is 32.1 Å². The maximum Gasteiger partial charge on any atom is 0.227 e. The Labute approximate surface area is 193 Å². The maximum absolute atomic E-state index is 12.1. The van der Waals surface area contributed by atoms with Gasteiger partial charge in [-0.1, -0.05) is 12.1 Å². The van der Waals surface area contributed by atoms with Crippen molar-refractivity contribution in [2.24, 2.45) is 7.05 Å². The lowest BCUT2D eigenvalue weighted by Crippen LogP contribution is -2.23. The van der Waals surface area contributed by atoms with Gasteiger partial charge in [0.2, 0.25) is 5.91 Å². The van der Waals surface area contributed by atoms with Gasteiger partial charge in [0.25, 0.3) is 0 Å². The molecule has 1 aliphatic rings. The van der Waals surface area contributed by atoms with E-state index in [1.165, 1.54) is 0 Å². The highest BCUT2D eigenvalue weighted by Crippen LogP contribution is 2.37. The van der Waals surface area contributed by atoms with Crippen LogP contribution in [0.5, 0.6) is 0 Å². The molecule has 3 aromatic heterocycles. The normalized spacial score (nSPS) is 14.5. The molecule has 0 saturated carbocycles. The van der Waals surface area contributed by atoms with Crippen LogP contribution in [-0.2, 0) is 17.4 Å². The third-order valence-corrected chi connectivity index (χ3v) is 6.59. The molecule has 0 atom stereocenters. The molecule has 4 heterocycles. The van der Waals surface area contributed by atoms with Gasteiger partial charge >= 0.3 is 0 Å². The van der Waals surface area contributed by atoms with Gasteiger partial charge in [-0.3, -0.25) is 9.78 Å². The summed E-state index contributed by atoms with van der Waals surface area (Å²) >= 11 is 0. The van der Waals surface area contributed by atoms with E-state index < -0.39 is 5.60 Å². The zero-order valence-corrected chi connectivity index (χ0v) is 19.5. The first-order valence-corrected chi connectivity index (χ1v) is 11.3. The fourth-order valence-corrected chi connectivity index (χ4v) is 4.64. The number of benzene rings is 1. The molecule has 168 valence electrons. The van der Waals surface area contributed by atoms with Gasteiger partial charge in [0.15, 0.2) is 0 Å². The van der Waals surface area contributed by atoms with E-state index in [9.17, 15) is 9.90 Å². The minimum Gasteiger partial charge on any atom is -0.386 e. The van der Waals surface area contributed by atoms with E-state index in [1.807, 2.05) is 47.1 Å². The van der Waals surface area contributed by atoms with E-state index >= 15 is 0 Å². The molecule has 0 bridgehead atoms. The first-order valence-electron chi connectivity index (χ1n) is 11.3. The average Bonchev–Trinajstić information content (AvgIpc) is 3.36. The summed E-state index contributed by atoms with van der Waals surface area (Å²) in [5, 5.41) is 11.5. The topological polar surface area (TPSA) is 71.2 Å². The Balaban J connectivity index is 1.58. The van der Waals surface area contributed by atoms with Gasteiger partial charge in [-0.2, -0.15) is 0 Å². The Morgan fingerprint density at radius 3 is 2.42 bits per heavy atom. The van der Waals surface area contributed by atoms with E-state index in [0.717, 1.165) is 63.1 Å². The summed E-state index contributed by atoms with van der Waals surface area (Å²) in [6, 6.07) is 10.2. The lowest BCUT2D eigenvalue weighted by molar-refractivity contribution is -0.117. The number of rotatable bonds is 4. The van der Waals surface area contributed by atoms with Crippen molar-refractivity contribution in [1.82, 2.24) is 14.5 Å². The van der Waals surface area contributed by atoms with Crippen molar-refractivity contribution in [2.75, 3.05) is 11.4 Å². The van der Waals surface area contributed by atoms with Crippen LogP contribution in [0.25, 0.3) is 33.3 Å². The number of aryl methyl sites for hydroxylation is 1. The van der Waals surface area contributed by atoms with Crippen molar-refractivity contribution in [1.29, 1.82) is 0 Å². The number of hydrogen-bond acceptors (Lipinski definition) is 4. The van der Waals surface area contributed by atoms with Crippen LogP contribution in [0.4, 0.5) is 5.69 Å². The van der Waals surface area contributed by atoms with Crippen molar-refractivity contribution in [3.63, 3.8) is 0 Å². The molecular formula is C27H28N4O2. The van der Waals surface area contributed by atoms with Gasteiger partial charge in [-0.25, -0.2) is 4.98 Å². The zero-order chi connectivity index (χ0) is 23.3. The van der Waals surface area contributed by atoms with Gasteiger partial charge in [-0.05, 0) is 56.5 Å². The fraction of sp³-hybridized carbons (Fsp3) is 0.296. The minimum absolute atomic E-state index is 0.192. The number of pyridine rings is 2. The zero-order valence-electron chi connectivity index (χ0n) is 19.5. The third-order valence-electron chi connectivity index (χ3n) is 6.59. The molecule has 1 N–H and O–H groups in total. The molecule has 33 heavy (non-hydrogen) atoms. The lowest BCUT2D eigenvalue weighted by atomic mass is 9.94. The number of fused-ring (bicyclic) bond motifs is 1. The number of nitrogens with zero attached hydrogens (tertiary/aromatic N) is 4. The van der Waals surface area contributed by atoms with E-state index in [2.05, 4.69) is 35.2 Å². The summed E-state index contributed by atoms with van der Waals surface area (Å²) in [6.07, 6.45) is 9.13. The molecule has 1 amide bonds. The second-order valence-electron chi connectivity index (χ2n) is 9.36.